The summed E-state index contributed by atoms with van der Waals surface area (Å²) in [7, 11) is 1.40. The van der Waals surface area contributed by atoms with E-state index in [4.69, 9.17) is 9.47 Å². The first-order chi connectivity index (χ1) is 7.50. The Morgan fingerprint density at radius 2 is 2.06 bits per heavy atom. The van der Waals surface area contributed by atoms with Gasteiger partial charge in [0.15, 0.2) is 0 Å². The van der Waals surface area contributed by atoms with Gasteiger partial charge in [-0.05, 0) is 33.2 Å². The van der Waals surface area contributed by atoms with E-state index in [0.717, 1.165) is 19.4 Å². The molecule has 96 valence electrons. The smallest absolute Gasteiger partial charge is 0.328 e. The van der Waals surface area contributed by atoms with Gasteiger partial charge in [0.05, 0.1) is 19.8 Å². The van der Waals surface area contributed by atoms with E-state index in [1.54, 1.807) is 0 Å². The molecule has 0 rings (SSSR count). The molecule has 0 saturated carbocycles. The molecule has 0 amide bonds. The zero-order chi connectivity index (χ0) is 12.6. The molecule has 0 spiro atoms. The molecule has 0 heterocycles. The number of carbonyl (C=O) groups excluding carboxylic acids is 1. The highest BCUT2D eigenvalue weighted by molar-refractivity contribution is 5.80. The Balaban J connectivity index is 4.35. The van der Waals surface area contributed by atoms with Gasteiger partial charge in [-0.3, -0.25) is 0 Å². The number of rotatable bonds is 8. The Morgan fingerprint density at radius 3 is 2.50 bits per heavy atom. The van der Waals surface area contributed by atoms with Crippen LogP contribution in [0.15, 0.2) is 0 Å². The first kappa shape index (κ1) is 15.4. The summed E-state index contributed by atoms with van der Waals surface area (Å²) in [6, 6.07) is 0. The zero-order valence-electron chi connectivity index (χ0n) is 11.1. The van der Waals surface area contributed by atoms with Crippen LogP contribution in [0.5, 0.6) is 0 Å². The molecule has 0 bridgehead atoms. The van der Waals surface area contributed by atoms with Gasteiger partial charge < -0.3 is 14.8 Å². The third-order valence-electron chi connectivity index (χ3n) is 2.63. The van der Waals surface area contributed by atoms with Crippen molar-refractivity contribution in [1.82, 2.24) is 5.32 Å². The summed E-state index contributed by atoms with van der Waals surface area (Å²) in [5, 5.41) is 3.18. The van der Waals surface area contributed by atoms with Gasteiger partial charge in [0, 0.05) is 0 Å². The number of ether oxygens (including phenoxy) is 2. The van der Waals surface area contributed by atoms with E-state index in [1.165, 1.54) is 7.11 Å². The van der Waals surface area contributed by atoms with Gasteiger partial charge in [-0.15, -0.1) is 0 Å². The second-order valence-electron chi connectivity index (χ2n) is 4.28. The summed E-state index contributed by atoms with van der Waals surface area (Å²) in [4.78, 5) is 11.7. The van der Waals surface area contributed by atoms with E-state index in [9.17, 15) is 4.79 Å². The third-order valence-corrected chi connectivity index (χ3v) is 2.63. The first-order valence-electron chi connectivity index (χ1n) is 5.95. The normalized spacial score (nSPS) is 16.6. The molecule has 0 aliphatic rings. The lowest BCUT2D eigenvalue weighted by atomic mass is 10.0. The van der Waals surface area contributed by atoms with Crippen molar-refractivity contribution in [3.63, 3.8) is 0 Å². The lowest BCUT2D eigenvalue weighted by Gasteiger charge is -2.29. The molecule has 0 fully saturated rings. The van der Waals surface area contributed by atoms with Gasteiger partial charge in [0.25, 0.3) is 0 Å². The summed E-state index contributed by atoms with van der Waals surface area (Å²) < 4.78 is 10.4. The summed E-state index contributed by atoms with van der Waals surface area (Å²) >= 11 is 0. The Hall–Kier alpha value is -0.610. The van der Waals surface area contributed by atoms with Crippen LogP contribution in [0, 0.1) is 0 Å². The number of methoxy groups -OCH3 is 1. The molecule has 4 heteroatoms. The fraction of sp³-hybridized carbons (Fsp3) is 0.917. The van der Waals surface area contributed by atoms with Crippen LogP contribution in [0.3, 0.4) is 0 Å². The van der Waals surface area contributed by atoms with Crippen molar-refractivity contribution < 1.29 is 14.3 Å². The van der Waals surface area contributed by atoms with Crippen LogP contribution >= 0.6 is 0 Å². The summed E-state index contributed by atoms with van der Waals surface area (Å²) in [6.45, 7) is 9.04. The Morgan fingerprint density at radius 1 is 1.44 bits per heavy atom. The van der Waals surface area contributed by atoms with Crippen molar-refractivity contribution in [2.45, 2.75) is 52.2 Å². The van der Waals surface area contributed by atoms with Gasteiger partial charge in [-0.1, -0.05) is 13.8 Å². The standard InChI is InChI=1S/C12H25NO3/c1-6-8-13-12(4,11(14)15-5)9-16-10(3)7-2/h10,13H,6-9H2,1-5H3. The monoisotopic (exact) mass is 231 g/mol. The minimum absolute atomic E-state index is 0.160. The lowest BCUT2D eigenvalue weighted by Crippen LogP contribution is -2.54. The van der Waals surface area contributed by atoms with E-state index >= 15 is 0 Å². The molecule has 4 nitrogen and oxygen atoms in total. The van der Waals surface area contributed by atoms with Crippen molar-refractivity contribution in [1.29, 1.82) is 0 Å². The second kappa shape index (κ2) is 7.63. The zero-order valence-corrected chi connectivity index (χ0v) is 11.1. The first-order valence-corrected chi connectivity index (χ1v) is 5.95. The molecule has 0 aliphatic carbocycles. The molecule has 1 N–H and O–H groups in total. The Bertz CT molecular complexity index is 208. The summed E-state index contributed by atoms with van der Waals surface area (Å²) in [5.41, 5.74) is -0.742. The van der Waals surface area contributed by atoms with Gasteiger partial charge in [-0.2, -0.15) is 0 Å². The number of hydrogen-bond acceptors (Lipinski definition) is 4. The van der Waals surface area contributed by atoms with Gasteiger partial charge in [-0.25, -0.2) is 4.79 Å². The molecule has 2 unspecified atom stereocenters. The van der Waals surface area contributed by atoms with Crippen LogP contribution in [-0.2, 0) is 14.3 Å². The Labute approximate surface area is 98.7 Å². The van der Waals surface area contributed by atoms with Crippen molar-refractivity contribution >= 4 is 5.97 Å². The van der Waals surface area contributed by atoms with E-state index in [1.807, 2.05) is 13.8 Å². The number of carbonyl (C=O) groups is 1. The van der Waals surface area contributed by atoms with Crippen LogP contribution in [0.4, 0.5) is 0 Å². The fourth-order valence-corrected chi connectivity index (χ4v) is 1.24. The maximum Gasteiger partial charge on any atom is 0.328 e. The molecule has 2 atom stereocenters. The van der Waals surface area contributed by atoms with Crippen LogP contribution in [0.1, 0.15) is 40.5 Å². The average molecular weight is 231 g/mol. The topological polar surface area (TPSA) is 47.6 Å². The van der Waals surface area contributed by atoms with Crippen LogP contribution < -0.4 is 5.32 Å². The van der Waals surface area contributed by atoms with E-state index in [-0.39, 0.29) is 12.1 Å². The number of hydrogen-bond donors (Lipinski definition) is 1. The lowest BCUT2D eigenvalue weighted by molar-refractivity contribution is -0.151. The number of esters is 1. The molecule has 0 aromatic carbocycles. The van der Waals surface area contributed by atoms with Gasteiger partial charge >= 0.3 is 5.97 Å². The fourth-order valence-electron chi connectivity index (χ4n) is 1.24. The van der Waals surface area contributed by atoms with Crippen molar-refractivity contribution in [3.05, 3.63) is 0 Å². The molecule has 16 heavy (non-hydrogen) atoms. The highest BCUT2D eigenvalue weighted by Crippen LogP contribution is 2.10. The second-order valence-corrected chi connectivity index (χ2v) is 4.28. The van der Waals surface area contributed by atoms with Gasteiger partial charge in [0.2, 0.25) is 0 Å². The van der Waals surface area contributed by atoms with Crippen LogP contribution in [-0.4, -0.2) is 37.9 Å². The molecule has 0 aromatic rings. The molecule has 0 radical (unpaired) electrons. The largest absolute Gasteiger partial charge is 0.468 e. The van der Waals surface area contributed by atoms with Crippen molar-refractivity contribution in [3.8, 4) is 0 Å². The summed E-state index contributed by atoms with van der Waals surface area (Å²) in [5.74, 6) is -0.274. The predicted octanol–water partition coefficient (Wildman–Crippen LogP) is 1.73. The Kier molecular flexibility index (Phi) is 7.34. The quantitative estimate of drug-likeness (QED) is 0.646. The minimum Gasteiger partial charge on any atom is -0.468 e. The van der Waals surface area contributed by atoms with Crippen LogP contribution in [0.2, 0.25) is 0 Å². The highest BCUT2D eigenvalue weighted by atomic mass is 16.5. The molecule has 0 aromatic heterocycles. The molecule has 0 saturated heterocycles. The average Bonchev–Trinajstić information content (AvgIpc) is 2.32. The predicted molar refractivity (Wildman–Crippen MR) is 64.4 cm³/mol. The van der Waals surface area contributed by atoms with Crippen LogP contribution in [0.25, 0.3) is 0 Å². The number of nitrogens with one attached hydrogen (secondary N) is 1. The maximum absolute atomic E-state index is 11.7. The van der Waals surface area contributed by atoms with Gasteiger partial charge in [0.1, 0.15) is 5.54 Å². The third kappa shape index (κ3) is 4.94. The molecular formula is C12H25NO3. The maximum atomic E-state index is 11.7. The summed E-state index contributed by atoms with van der Waals surface area (Å²) in [6.07, 6.45) is 2.06. The highest BCUT2D eigenvalue weighted by Gasteiger charge is 2.34. The molecular weight excluding hydrogens is 206 g/mol. The molecule has 0 aliphatic heterocycles. The van der Waals surface area contributed by atoms with E-state index in [2.05, 4.69) is 19.2 Å². The minimum atomic E-state index is -0.742. The van der Waals surface area contributed by atoms with Crippen molar-refractivity contribution in [2.75, 3.05) is 20.3 Å². The van der Waals surface area contributed by atoms with E-state index in [0.29, 0.717) is 6.61 Å². The van der Waals surface area contributed by atoms with E-state index < -0.39 is 5.54 Å². The SMILES string of the molecule is CCCNC(C)(COC(C)CC)C(=O)OC. The van der Waals surface area contributed by atoms with Crippen molar-refractivity contribution in [2.24, 2.45) is 0 Å².